The molecule has 2 rings (SSSR count). The summed E-state index contributed by atoms with van der Waals surface area (Å²) >= 11 is 5.81. The van der Waals surface area contributed by atoms with Gasteiger partial charge in [0.15, 0.2) is 0 Å². The van der Waals surface area contributed by atoms with Crippen molar-refractivity contribution in [2.45, 2.75) is 10.6 Å². The van der Waals surface area contributed by atoms with E-state index >= 15 is 0 Å². The van der Waals surface area contributed by atoms with Crippen molar-refractivity contribution in [1.82, 2.24) is 0 Å². The minimum absolute atomic E-state index is 0.410. The molecule has 0 aromatic heterocycles. The molecule has 0 bridgehead atoms. The molecule has 0 saturated carbocycles. The van der Waals surface area contributed by atoms with Crippen molar-refractivity contribution in [3.8, 4) is 0 Å². The molecule has 0 heterocycles. The minimum Gasteiger partial charge on any atom is -0.398 e. The van der Waals surface area contributed by atoms with Gasteiger partial charge in [-0.05, 0) is 29.8 Å². The largest absolute Gasteiger partial charge is 0.398 e. The Balaban J connectivity index is 2.19. The molecule has 0 aliphatic rings. The van der Waals surface area contributed by atoms with Gasteiger partial charge < -0.3 is 5.73 Å². The SMILES string of the molecule is Nc1cc(Cl)ccc1CS(=O)c1ccccc1. The first-order valence-corrected chi connectivity index (χ1v) is 6.84. The third-order valence-electron chi connectivity index (χ3n) is 2.40. The third kappa shape index (κ3) is 3.08. The molecule has 4 heteroatoms. The highest BCUT2D eigenvalue weighted by atomic mass is 35.5. The predicted octanol–water partition coefficient (Wildman–Crippen LogP) is 3.23. The zero-order valence-corrected chi connectivity index (χ0v) is 10.7. The molecule has 0 saturated heterocycles. The summed E-state index contributed by atoms with van der Waals surface area (Å²) in [7, 11) is -1.07. The number of benzene rings is 2. The topological polar surface area (TPSA) is 43.1 Å². The van der Waals surface area contributed by atoms with Crippen LogP contribution in [0, 0.1) is 0 Å². The highest BCUT2D eigenvalue weighted by molar-refractivity contribution is 7.84. The fourth-order valence-corrected chi connectivity index (χ4v) is 2.85. The standard InChI is InChI=1S/C13H12ClNOS/c14-11-7-6-10(13(15)8-11)9-17(16)12-4-2-1-3-5-12/h1-8H,9,15H2. The lowest BCUT2D eigenvalue weighted by molar-refractivity contribution is 0.682. The fourth-order valence-electron chi connectivity index (χ4n) is 1.49. The zero-order chi connectivity index (χ0) is 12.3. The molecule has 2 aromatic rings. The Morgan fingerprint density at radius 3 is 2.47 bits per heavy atom. The van der Waals surface area contributed by atoms with Crippen molar-refractivity contribution in [3.63, 3.8) is 0 Å². The summed E-state index contributed by atoms with van der Waals surface area (Å²) in [5, 5.41) is 0.594. The van der Waals surface area contributed by atoms with Gasteiger partial charge in [0.1, 0.15) is 0 Å². The Kier molecular flexibility index (Phi) is 3.82. The smallest absolute Gasteiger partial charge is 0.0574 e. The lowest BCUT2D eigenvalue weighted by Crippen LogP contribution is -2.00. The Morgan fingerprint density at radius 1 is 1.12 bits per heavy atom. The van der Waals surface area contributed by atoms with Crippen LogP contribution in [0.5, 0.6) is 0 Å². The Labute approximate surface area is 108 Å². The van der Waals surface area contributed by atoms with Crippen LogP contribution in [0.3, 0.4) is 0 Å². The second-order valence-electron chi connectivity index (χ2n) is 3.65. The maximum Gasteiger partial charge on any atom is 0.0574 e. The highest BCUT2D eigenvalue weighted by Crippen LogP contribution is 2.21. The summed E-state index contributed by atoms with van der Waals surface area (Å²) < 4.78 is 12.1. The van der Waals surface area contributed by atoms with E-state index in [1.54, 1.807) is 12.1 Å². The molecule has 2 aromatic carbocycles. The number of halogens is 1. The Bertz CT molecular complexity index is 542. The van der Waals surface area contributed by atoms with Gasteiger partial charge in [-0.3, -0.25) is 4.21 Å². The monoisotopic (exact) mass is 265 g/mol. The highest BCUT2D eigenvalue weighted by Gasteiger charge is 2.07. The third-order valence-corrected chi connectivity index (χ3v) is 4.01. The maximum absolute atomic E-state index is 12.1. The Morgan fingerprint density at radius 2 is 1.82 bits per heavy atom. The summed E-state index contributed by atoms with van der Waals surface area (Å²) in [5.74, 6) is 0.410. The van der Waals surface area contributed by atoms with Crippen molar-refractivity contribution in [2.24, 2.45) is 0 Å². The van der Waals surface area contributed by atoms with E-state index in [-0.39, 0.29) is 0 Å². The molecule has 0 amide bonds. The second kappa shape index (κ2) is 5.34. The van der Waals surface area contributed by atoms with Crippen LogP contribution in [0.4, 0.5) is 5.69 Å². The molecular weight excluding hydrogens is 254 g/mol. The Hall–Kier alpha value is -1.32. The van der Waals surface area contributed by atoms with Gasteiger partial charge in [0.25, 0.3) is 0 Å². The second-order valence-corrected chi connectivity index (χ2v) is 5.53. The lowest BCUT2D eigenvalue weighted by Gasteiger charge is -2.06. The van der Waals surface area contributed by atoms with Crippen LogP contribution in [0.15, 0.2) is 53.4 Å². The van der Waals surface area contributed by atoms with E-state index in [1.807, 2.05) is 36.4 Å². The zero-order valence-electron chi connectivity index (χ0n) is 9.10. The van der Waals surface area contributed by atoms with Crippen LogP contribution in [0.2, 0.25) is 5.02 Å². The molecular formula is C13H12ClNOS. The molecule has 2 nitrogen and oxygen atoms in total. The molecule has 1 unspecified atom stereocenters. The molecule has 0 spiro atoms. The van der Waals surface area contributed by atoms with E-state index in [1.165, 1.54) is 0 Å². The van der Waals surface area contributed by atoms with E-state index in [0.717, 1.165) is 10.5 Å². The van der Waals surface area contributed by atoms with E-state index in [4.69, 9.17) is 17.3 Å². The summed E-state index contributed by atoms with van der Waals surface area (Å²) in [6, 6.07) is 14.6. The normalized spacial score (nSPS) is 12.3. The predicted molar refractivity (Wildman–Crippen MR) is 72.4 cm³/mol. The molecule has 0 fully saturated rings. The van der Waals surface area contributed by atoms with Crippen molar-refractivity contribution in [1.29, 1.82) is 0 Å². The molecule has 1 atom stereocenters. The number of hydrogen-bond acceptors (Lipinski definition) is 2. The first-order chi connectivity index (χ1) is 8.16. The van der Waals surface area contributed by atoms with Gasteiger partial charge >= 0.3 is 0 Å². The molecule has 17 heavy (non-hydrogen) atoms. The van der Waals surface area contributed by atoms with Crippen LogP contribution >= 0.6 is 11.6 Å². The van der Waals surface area contributed by atoms with Crippen LogP contribution in [0.1, 0.15) is 5.56 Å². The van der Waals surface area contributed by atoms with Crippen LogP contribution < -0.4 is 5.73 Å². The molecule has 2 N–H and O–H groups in total. The van der Waals surface area contributed by atoms with E-state index in [0.29, 0.717) is 16.5 Å². The van der Waals surface area contributed by atoms with E-state index in [9.17, 15) is 4.21 Å². The van der Waals surface area contributed by atoms with Gasteiger partial charge in [0.05, 0.1) is 16.6 Å². The van der Waals surface area contributed by atoms with Crippen LogP contribution in [0.25, 0.3) is 0 Å². The van der Waals surface area contributed by atoms with Crippen LogP contribution in [-0.4, -0.2) is 4.21 Å². The van der Waals surface area contributed by atoms with Gasteiger partial charge in [-0.2, -0.15) is 0 Å². The van der Waals surface area contributed by atoms with Crippen molar-refractivity contribution < 1.29 is 4.21 Å². The fraction of sp³-hybridized carbons (Fsp3) is 0.0769. The van der Waals surface area contributed by atoms with E-state index in [2.05, 4.69) is 0 Å². The summed E-state index contributed by atoms with van der Waals surface area (Å²) in [4.78, 5) is 0.807. The van der Waals surface area contributed by atoms with Crippen molar-refractivity contribution in [2.75, 3.05) is 5.73 Å². The van der Waals surface area contributed by atoms with Gasteiger partial charge in [-0.25, -0.2) is 0 Å². The number of rotatable bonds is 3. The first kappa shape index (κ1) is 12.1. The van der Waals surface area contributed by atoms with Gasteiger partial charge in [0, 0.05) is 15.6 Å². The van der Waals surface area contributed by atoms with Gasteiger partial charge in [-0.1, -0.05) is 35.9 Å². The minimum atomic E-state index is -1.07. The van der Waals surface area contributed by atoms with E-state index < -0.39 is 10.8 Å². The number of hydrogen-bond donors (Lipinski definition) is 1. The summed E-state index contributed by atoms with van der Waals surface area (Å²) in [5.41, 5.74) is 7.27. The maximum atomic E-state index is 12.1. The quantitative estimate of drug-likeness (QED) is 0.866. The van der Waals surface area contributed by atoms with Crippen molar-refractivity contribution in [3.05, 3.63) is 59.1 Å². The van der Waals surface area contributed by atoms with Gasteiger partial charge in [0.2, 0.25) is 0 Å². The lowest BCUT2D eigenvalue weighted by atomic mass is 10.2. The molecule has 0 radical (unpaired) electrons. The molecule has 0 aliphatic carbocycles. The number of anilines is 1. The van der Waals surface area contributed by atoms with Crippen LogP contribution in [-0.2, 0) is 16.6 Å². The average molecular weight is 266 g/mol. The average Bonchev–Trinajstić information content (AvgIpc) is 2.34. The summed E-state index contributed by atoms with van der Waals surface area (Å²) in [6.45, 7) is 0. The molecule has 88 valence electrons. The number of nitrogens with two attached hydrogens (primary N) is 1. The number of nitrogen functional groups attached to an aromatic ring is 1. The molecule has 0 aliphatic heterocycles. The summed E-state index contributed by atoms with van der Waals surface area (Å²) in [6.07, 6.45) is 0. The van der Waals surface area contributed by atoms with Gasteiger partial charge in [-0.15, -0.1) is 0 Å². The van der Waals surface area contributed by atoms with Crippen molar-refractivity contribution >= 4 is 28.1 Å². The first-order valence-electron chi connectivity index (χ1n) is 5.14.